The fourth-order valence-corrected chi connectivity index (χ4v) is 4.20. The smallest absolute Gasteiger partial charge is 0.282 e. The van der Waals surface area contributed by atoms with E-state index in [1.54, 1.807) is 12.1 Å². The molecule has 158 valence electrons. The van der Waals surface area contributed by atoms with Gasteiger partial charge in [-0.1, -0.05) is 12.1 Å². The third kappa shape index (κ3) is 4.47. The number of quaternary nitrogens is 2. The monoisotopic (exact) mass is 411 g/mol. The third-order valence-electron chi connectivity index (χ3n) is 6.06. The Bertz CT molecular complexity index is 938. The number of ketones is 1. The quantitative estimate of drug-likeness (QED) is 0.582. The zero-order valence-electron chi connectivity index (χ0n) is 17.5. The fourth-order valence-electron chi connectivity index (χ4n) is 4.20. The van der Waals surface area contributed by atoms with Crippen molar-refractivity contribution in [3.05, 3.63) is 53.6 Å². The van der Waals surface area contributed by atoms with Gasteiger partial charge in [-0.25, -0.2) is 0 Å². The topological polar surface area (TPSA) is 73.5 Å². The molecule has 2 aliphatic rings. The molecule has 1 atom stereocenters. The van der Waals surface area contributed by atoms with Crippen LogP contribution in [0.5, 0.6) is 11.5 Å². The van der Waals surface area contributed by atoms with Gasteiger partial charge >= 0.3 is 0 Å². The van der Waals surface area contributed by atoms with Crippen LogP contribution in [0.4, 0.5) is 5.69 Å². The Morgan fingerprint density at radius 1 is 1.03 bits per heavy atom. The van der Waals surface area contributed by atoms with Crippen molar-refractivity contribution >= 4 is 17.4 Å². The molecule has 0 aromatic heterocycles. The highest BCUT2D eigenvalue weighted by Gasteiger charge is 2.31. The number of para-hydroxylation sites is 1. The van der Waals surface area contributed by atoms with E-state index < -0.39 is 0 Å². The summed E-state index contributed by atoms with van der Waals surface area (Å²) in [4.78, 5) is 27.4. The van der Waals surface area contributed by atoms with Crippen molar-refractivity contribution in [2.24, 2.45) is 0 Å². The van der Waals surface area contributed by atoms with E-state index in [0.717, 1.165) is 44.2 Å². The Hall–Kier alpha value is -2.90. The van der Waals surface area contributed by atoms with Gasteiger partial charge < -0.3 is 24.6 Å². The maximum atomic E-state index is 12.8. The number of Topliss-reactive ketones (excluding diaryl/α,β-unsaturated/α-hetero) is 1. The van der Waals surface area contributed by atoms with Crippen LogP contribution in [-0.4, -0.2) is 50.7 Å². The fraction of sp³-hybridized carbons (Fsp3) is 0.391. The number of hydrogen-bond acceptors (Lipinski definition) is 4. The molecule has 4 rings (SSSR count). The molecule has 1 saturated heterocycles. The van der Waals surface area contributed by atoms with E-state index in [-0.39, 0.29) is 17.7 Å². The third-order valence-corrected chi connectivity index (χ3v) is 6.06. The molecule has 30 heavy (non-hydrogen) atoms. The predicted octanol–water partition coefficient (Wildman–Crippen LogP) is -0.0715. The molecular weight excluding hydrogens is 382 g/mol. The first-order valence-electron chi connectivity index (χ1n) is 10.5. The first kappa shape index (κ1) is 20.4. The van der Waals surface area contributed by atoms with Crippen molar-refractivity contribution in [2.75, 3.05) is 38.3 Å². The van der Waals surface area contributed by atoms with E-state index in [0.29, 0.717) is 18.0 Å². The molecule has 0 bridgehead atoms. The Labute approximate surface area is 176 Å². The van der Waals surface area contributed by atoms with Gasteiger partial charge in [-0.15, -0.1) is 0 Å². The predicted molar refractivity (Wildman–Crippen MR) is 112 cm³/mol. The van der Waals surface area contributed by atoms with Gasteiger partial charge in [0.15, 0.2) is 23.3 Å². The minimum Gasteiger partial charge on any atom is -0.454 e. The summed E-state index contributed by atoms with van der Waals surface area (Å²) >= 11 is 0. The molecule has 0 aliphatic carbocycles. The molecule has 0 spiro atoms. The number of carbonyl (C=O) groups is 2. The average molecular weight is 412 g/mol. The van der Waals surface area contributed by atoms with Gasteiger partial charge in [0, 0.05) is 11.1 Å². The summed E-state index contributed by atoms with van der Waals surface area (Å²) in [6.45, 7) is 8.59. The van der Waals surface area contributed by atoms with Crippen LogP contribution in [-0.2, 0) is 11.3 Å². The zero-order valence-corrected chi connectivity index (χ0v) is 17.5. The molecule has 0 radical (unpaired) electrons. The van der Waals surface area contributed by atoms with Crippen LogP contribution in [0.3, 0.4) is 0 Å². The second-order valence-corrected chi connectivity index (χ2v) is 8.09. The van der Waals surface area contributed by atoms with Crippen molar-refractivity contribution in [1.29, 1.82) is 0 Å². The highest BCUT2D eigenvalue weighted by atomic mass is 16.7. The molecule has 2 aromatic carbocycles. The van der Waals surface area contributed by atoms with Crippen LogP contribution in [0.15, 0.2) is 42.5 Å². The summed E-state index contributed by atoms with van der Waals surface area (Å²) in [6, 6.07) is 13.1. The van der Waals surface area contributed by atoms with Crippen molar-refractivity contribution in [1.82, 2.24) is 0 Å². The molecule has 0 saturated carbocycles. The van der Waals surface area contributed by atoms with Gasteiger partial charge in [-0.05, 0) is 44.2 Å². The summed E-state index contributed by atoms with van der Waals surface area (Å²) in [6.07, 6.45) is 0. The summed E-state index contributed by atoms with van der Waals surface area (Å²) in [5.41, 5.74) is 2.38. The van der Waals surface area contributed by atoms with E-state index in [1.807, 2.05) is 25.1 Å². The molecule has 1 amide bonds. The second-order valence-electron chi connectivity index (χ2n) is 8.09. The molecule has 2 heterocycles. The van der Waals surface area contributed by atoms with E-state index in [9.17, 15) is 9.59 Å². The van der Waals surface area contributed by atoms with Crippen LogP contribution in [0.1, 0.15) is 29.8 Å². The second kappa shape index (κ2) is 8.85. The number of carbonyl (C=O) groups excluding carboxylic acids is 2. The number of fused-ring (bicyclic) bond motifs is 1. The molecule has 1 fully saturated rings. The standard InChI is InChI=1S/C23H27N3O4/c1-16(23(28)24-20-6-4-3-5-19(20)17(2)27)26-11-9-25(10-12-26)14-18-7-8-21-22(13-18)30-15-29-21/h3-8,13,16H,9-12,14-15H2,1-2H3,(H,24,28)/p+2/t16-/m0/s1. The summed E-state index contributed by atoms with van der Waals surface area (Å²) in [7, 11) is 0. The number of ether oxygens (including phenoxy) is 2. The first-order chi connectivity index (χ1) is 14.5. The van der Waals surface area contributed by atoms with Crippen molar-refractivity contribution < 1.29 is 28.9 Å². The van der Waals surface area contributed by atoms with Crippen LogP contribution >= 0.6 is 0 Å². The van der Waals surface area contributed by atoms with E-state index in [2.05, 4.69) is 17.4 Å². The van der Waals surface area contributed by atoms with Gasteiger partial charge in [0.2, 0.25) is 6.79 Å². The van der Waals surface area contributed by atoms with Crippen molar-refractivity contribution in [3.8, 4) is 11.5 Å². The number of rotatable bonds is 6. The van der Waals surface area contributed by atoms with Crippen molar-refractivity contribution in [2.45, 2.75) is 26.4 Å². The molecular formula is C23H29N3O4+2. The first-order valence-corrected chi connectivity index (χ1v) is 10.5. The number of amides is 1. The van der Waals surface area contributed by atoms with Gasteiger partial charge in [-0.2, -0.15) is 0 Å². The van der Waals surface area contributed by atoms with Gasteiger partial charge in [0.1, 0.15) is 32.7 Å². The lowest BCUT2D eigenvalue weighted by Crippen LogP contribution is -3.29. The molecule has 3 N–H and O–H groups in total. The van der Waals surface area contributed by atoms with E-state index >= 15 is 0 Å². The van der Waals surface area contributed by atoms with Crippen molar-refractivity contribution in [3.63, 3.8) is 0 Å². The Kier molecular flexibility index (Phi) is 6.01. The normalized spacial score (nSPS) is 21.1. The minimum absolute atomic E-state index is 0.0436. The van der Waals surface area contributed by atoms with Gasteiger partial charge in [-0.3, -0.25) is 9.59 Å². The lowest BCUT2D eigenvalue weighted by atomic mass is 10.1. The maximum absolute atomic E-state index is 12.8. The number of benzene rings is 2. The molecule has 7 nitrogen and oxygen atoms in total. The summed E-state index contributed by atoms with van der Waals surface area (Å²) < 4.78 is 10.9. The average Bonchev–Trinajstić information content (AvgIpc) is 3.22. The number of nitrogens with one attached hydrogen (secondary N) is 3. The molecule has 2 aromatic rings. The highest BCUT2D eigenvalue weighted by molar-refractivity contribution is 6.04. The molecule has 2 aliphatic heterocycles. The number of anilines is 1. The lowest BCUT2D eigenvalue weighted by molar-refractivity contribution is -1.02. The largest absolute Gasteiger partial charge is 0.454 e. The van der Waals surface area contributed by atoms with Crippen LogP contribution < -0.4 is 24.6 Å². The van der Waals surface area contributed by atoms with Crippen LogP contribution in [0.2, 0.25) is 0 Å². The molecule has 7 heteroatoms. The summed E-state index contributed by atoms with van der Waals surface area (Å²) in [5.74, 6) is 1.55. The summed E-state index contributed by atoms with van der Waals surface area (Å²) in [5, 5.41) is 2.95. The molecule has 0 unspecified atom stereocenters. The number of hydrogen-bond donors (Lipinski definition) is 3. The van der Waals surface area contributed by atoms with Crippen LogP contribution in [0, 0.1) is 0 Å². The van der Waals surface area contributed by atoms with E-state index in [4.69, 9.17) is 9.47 Å². The Morgan fingerprint density at radius 3 is 2.53 bits per heavy atom. The Morgan fingerprint density at radius 2 is 1.77 bits per heavy atom. The zero-order chi connectivity index (χ0) is 21.1. The van der Waals surface area contributed by atoms with E-state index in [1.165, 1.54) is 22.3 Å². The number of piperazine rings is 1. The SMILES string of the molecule is CC(=O)c1ccccc1NC(=O)[C@H](C)[NH+]1CC[NH+](Cc2ccc3c(c2)OCO3)CC1. The van der Waals surface area contributed by atoms with Crippen LogP contribution in [0.25, 0.3) is 0 Å². The van der Waals surface area contributed by atoms with Gasteiger partial charge in [0.05, 0.1) is 5.69 Å². The Balaban J connectivity index is 1.30. The van der Waals surface area contributed by atoms with Gasteiger partial charge in [0.25, 0.3) is 5.91 Å². The minimum atomic E-state index is -0.169. The highest BCUT2D eigenvalue weighted by Crippen LogP contribution is 2.32. The lowest BCUT2D eigenvalue weighted by Gasteiger charge is -2.32. The maximum Gasteiger partial charge on any atom is 0.282 e.